The highest BCUT2D eigenvalue weighted by molar-refractivity contribution is 5.98. The summed E-state index contributed by atoms with van der Waals surface area (Å²) < 4.78 is 5.76. The first-order chi connectivity index (χ1) is 10.9. The van der Waals surface area contributed by atoms with Gasteiger partial charge in [0.15, 0.2) is 0 Å². The Hall–Kier alpha value is -2.15. The number of carbonyl (C=O) groups excluding carboxylic acids is 1. The molecule has 126 valence electrons. The molecule has 1 fully saturated rings. The number of carbonyl (C=O) groups is 1. The van der Waals surface area contributed by atoms with Crippen LogP contribution < -0.4 is 5.32 Å². The van der Waals surface area contributed by atoms with Crippen LogP contribution in [0.2, 0.25) is 0 Å². The summed E-state index contributed by atoms with van der Waals surface area (Å²) in [7, 11) is 0. The summed E-state index contributed by atoms with van der Waals surface area (Å²) in [5.74, 6) is -1.08. The molecule has 0 saturated heterocycles. The average Bonchev–Trinajstić information content (AvgIpc) is 2.48. The first kappa shape index (κ1) is 17.2. The highest BCUT2D eigenvalue weighted by Crippen LogP contribution is 2.30. The molecule has 1 saturated carbocycles. The summed E-state index contributed by atoms with van der Waals surface area (Å²) in [5.41, 5.74) is -0.536. The van der Waals surface area contributed by atoms with Crippen LogP contribution in [0.3, 0.4) is 0 Å². The van der Waals surface area contributed by atoms with Crippen LogP contribution in [0.4, 0.5) is 5.69 Å². The molecule has 0 spiro atoms. The average molecular weight is 322 g/mol. The molecule has 0 heterocycles. The Morgan fingerprint density at radius 3 is 2.57 bits per heavy atom. The fourth-order valence-corrected chi connectivity index (χ4v) is 2.85. The van der Waals surface area contributed by atoms with Crippen molar-refractivity contribution in [2.75, 3.05) is 0 Å². The lowest BCUT2D eigenvalue weighted by atomic mass is 9.92. The molecule has 0 unspecified atom stereocenters. The number of phenolic OH excluding ortho intramolecular Hbond substituents is 1. The Morgan fingerprint density at radius 1 is 1.35 bits per heavy atom. The molecule has 1 aliphatic carbocycles. The van der Waals surface area contributed by atoms with E-state index in [1.165, 1.54) is 18.2 Å². The summed E-state index contributed by atoms with van der Waals surface area (Å²) >= 11 is 0. The van der Waals surface area contributed by atoms with E-state index in [1.54, 1.807) is 0 Å². The Morgan fingerprint density at radius 2 is 2.00 bits per heavy atom. The number of rotatable bonds is 5. The summed E-state index contributed by atoms with van der Waals surface area (Å²) in [6.07, 6.45) is 3.72. The Labute approximate surface area is 134 Å². The molecule has 2 rings (SSSR count). The molecule has 0 radical (unpaired) electrons. The minimum Gasteiger partial charge on any atom is -0.502 e. The van der Waals surface area contributed by atoms with E-state index in [0.717, 1.165) is 25.7 Å². The van der Waals surface area contributed by atoms with Crippen molar-refractivity contribution in [3.8, 4) is 5.75 Å². The van der Waals surface area contributed by atoms with Crippen molar-refractivity contribution in [1.82, 2.24) is 5.32 Å². The smallest absolute Gasteiger partial charge is 0.311 e. The fourth-order valence-electron chi connectivity index (χ4n) is 2.85. The molecular formula is C16H22N2O5. The zero-order chi connectivity index (χ0) is 17.0. The lowest BCUT2D eigenvalue weighted by Crippen LogP contribution is -2.39. The number of hydrogen-bond acceptors (Lipinski definition) is 5. The predicted molar refractivity (Wildman–Crippen MR) is 84.5 cm³/mol. The molecule has 0 bridgehead atoms. The quantitative estimate of drug-likeness (QED) is 0.641. The Kier molecular flexibility index (Phi) is 5.54. The summed E-state index contributed by atoms with van der Waals surface area (Å²) in [6, 6.07) is 3.93. The van der Waals surface area contributed by atoms with Gasteiger partial charge in [-0.25, -0.2) is 0 Å². The van der Waals surface area contributed by atoms with Gasteiger partial charge in [-0.1, -0.05) is 6.07 Å². The van der Waals surface area contributed by atoms with E-state index in [1.807, 2.05) is 13.8 Å². The molecule has 1 aromatic rings. The van der Waals surface area contributed by atoms with Crippen LogP contribution in [0, 0.1) is 10.1 Å². The van der Waals surface area contributed by atoms with Gasteiger partial charge in [-0.2, -0.15) is 0 Å². The minimum absolute atomic E-state index is 0.00632. The lowest BCUT2D eigenvalue weighted by Gasteiger charge is -2.30. The third kappa shape index (κ3) is 4.41. The van der Waals surface area contributed by atoms with Gasteiger partial charge in [-0.05, 0) is 45.6 Å². The number of nitro groups is 1. The van der Waals surface area contributed by atoms with Crippen molar-refractivity contribution in [3.63, 3.8) is 0 Å². The SMILES string of the molecule is CC(C)OC1CCC(NC(=O)c2cccc([N+](=O)[O-])c2O)CC1. The second kappa shape index (κ2) is 7.41. The summed E-state index contributed by atoms with van der Waals surface area (Å²) in [4.78, 5) is 22.3. The maximum atomic E-state index is 12.2. The second-order valence-electron chi connectivity index (χ2n) is 6.06. The normalized spacial score (nSPS) is 21.2. The van der Waals surface area contributed by atoms with Crippen molar-refractivity contribution in [3.05, 3.63) is 33.9 Å². The van der Waals surface area contributed by atoms with E-state index in [2.05, 4.69) is 5.32 Å². The van der Waals surface area contributed by atoms with E-state index in [9.17, 15) is 20.0 Å². The number of phenols is 1. The van der Waals surface area contributed by atoms with Gasteiger partial charge in [0.2, 0.25) is 5.75 Å². The molecule has 1 aromatic carbocycles. The van der Waals surface area contributed by atoms with Crippen LogP contribution in [0.1, 0.15) is 49.9 Å². The zero-order valence-corrected chi connectivity index (χ0v) is 13.3. The van der Waals surface area contributed by atoms with E-state index < -0.39 is 22.3 Å². The highest BCUT2D eigenvalue weighted by atomic mass is 16.6. The number of nitrogens with one attached hydrogen (secondary N) is 1. The Bertz CT molecular complexity index is 580. The van der Waals surface area contributed by atoms with Crippen molar-refractivity contribution in [2.24, 2.45) is 0 Å². The van der Waals surface area contributed by atoms with Crippen LogP contribution in [-0.2, 0) is 4.74 Å². The fraction of sp³-hybridized carbons (Fsp3) is 0.562. The van der Waals surface area contributed by atoms with Gasteiger partial charge >= 0.3 is 5.69 Å². The molecular weight excluding hydrogens is 300 g/mol. The standard InChI is InChI=1S/C16H22N2O5/c1-10(2)23-12-8-6-11(7-9-12)17-16(20)13-4-3-5-14(15(13)19)18(21)22/h3-5,10-12,19H,6-9H2,1-2H3,(H,17,20). The van der Waals surface area contributed by atoms with Gasteiger partial charge in [-0.3, -0.25) is 14.9 Å². The van der Waals surface area contributed by atoms with E-state index >= 15 is 0 Å². The largest absolute Gasteiger partial charge is 0.502 e. The molecule has 23 heavy (non-hydrogen) atoms. The van der Waals surface area contributed by atoms with Crippen molar-refractivity contribution < 1.29 is 19.6 Å². The maximum absolute atomic E-state index is 12.2. The second-order valence-corrected chi connectivity index (χ2v) is 6.06. The molecule has 0 aliphatic heterocycles. The number of benzene rings is 1. The van der Waals surface area contributed by atoms with Crippen molar-refractivity contribution >= 4 is 11.6 Å². The summed E-state index contributed by atoms with van der Waals surface area (Å²) in [6.45, 7) is 4.00. The molecule has 0 atom stereocenters. The summed E-state index contributed by atoms with van der Waals surface area (Å²) in [5, 5.41) is 23.5. The van der Waals surface area contributed by atoms with Crippen molar-refractivity contribution in [2.45, 2.75) is 57.8 Å². The topological polar surface area (TPSA) is 102 Å². The number of nitrogens with zero attached hydrogens (tertiary/aromatic N) is 1. The highest BCUT2D eigenvalue weighted by Gasteiger charge is 2.26. The predicted octanol–water partition coefficient (Wildman–Crippen LogP) is 2.77. The van der Waals surface area contributed by atoms with Crippen LogP contribution >= 0.6 is 0 Å². The number of ether oxygens (including phenoxy) is 1. The minimum atomic E-state index is -0.708. The molecule has 0 aromatic heterocycles. The first-order valence-corrected chi connectivity index (χ1v) is 7.81. The zero-order valence-electron chi connectivity index (χ0n) is 13.3. The number of nitro benzene ring substituents is 1. The molecule has 7 nitrogen and oxygen atoms in total. The molecule has 1 aliphatic rings. The van der Waals surface area contributed by atoms with Gasteiger partial charge < -0.3 is 15.2 Å². The van der Waals surface area contributed by atoms with Gasteiger partial charge in [0.1, 0.15) is 0 Å². The van der Waals surface area contributed by atoms with Gasteiger partial charge in [0, 0.05) is 12.1 Å². The molecule has 1 amide bonds. The maximum Gasteiger partial charge on any atom is 0.311 e. The number of aromatic hydroxyl groups is 1. The number of para-hydroxylation sites is 1. The Balaban J connectivity index is 1.96. The van der Waals surface area contributed by atoms with Crippen molar-refractivity contribution in [1.29, 1.82) is 0 Å². The van der Waals surface area contributed by atoms with Crippen LogP contribution in [0.15, 0.2) is 18.2 Å². The number of hydrogen-bond donors (Lipinski definition) is 2. The molecule has 2 N–H and O–H groups in total. The van der Waals surface area contributed by atoms with Crippen LogP contribution in [-0.4, -0.2) is 34.2 Å². The van der Waals surface area contributed by atoms with Gasteiger partial charge in [-0.15, -0.1) is 0 Å². The monoisotopic (exact) mass is 322 g/mol. The third-order valence-electron chi connectivity index (χ3n) is 3.93. The molecule has 7 heteroatoms. The van der Waals surface area contributed by atoms with Gasteiger partial charge in [0.05, 0.1) is 22.7 Å². The first-order valence-electron chi connectivity index (χ1n) is 7.81. The van der Waals surface area contributed by atoms with Crippen LogP contribution in [0.5, 0.6) is 5.75 Å². The van der Waals surface area contributed by atoms with E-state index in [4.69, 9.17) is 4.74 Å². The van der Waals surface area contributed by atoms with Crippen LogP contribution in [0.25, 0.3) is 0 Å². The van der Waals surface area contributed by atoms with Gasteiger partial charge in [0.25, 0.3) is 5.91 Å². The van der Waals surface area contributed by atoms with E-state index in [-0.39, 0.29) is 23.8 Å². The lowest BCUT2D eigenvalue weighted by molar-refractivity contribution is -0.385. The number of amides is 1. The third-order valence-corrected chi connectivity index (χ3v) is 3.93. The van der Waals surface area contributed by atoms with E-state index in [0.29, 0.717) is 0 Å².